The van der Waals surface area contributed by atoms with Crippen LogP contribution in [-0.4, -0.2) is 49.7 Å². The summed E-state index contributed by atoms with van der Waals surface area (Å²) >= 11 is 0. The lowest BCUT2D eigenvalue weighted by atomic mass is 10.1. The number of halogens is 1. The highest BCUT2D eigenvalue weighted by Gasteiger charge is 2.36. The summed E-state index contributed by atoms with van der Waals surface area (Å²) in [6.07, 6.45) is 0. The molecule has 21 heavy (non-hydrogen) atoms. The number of fused-ring (bicyclic) bond motifs is 1. The Morgan fingerprint density at radius 3 is 3.10 bits per heavy atom. The molecule has 5 nitrogen and oxygen atoms in total. The van der Waals surface area contributed by atoms with Crippen molar-refractivity contribution >= 4 is 11.7 Å². The summed E-state index contributed by atoms with van der Waals surface area (Å²) in [6, 6.07) is 5.43. The Bertz CT molecular complexity index is 536. The minimum atomic E-state index is -0.170. The number of carbonyl (C=O) groups excluding carboxylic acids is 1. The van der Waals surface area contributed by atoms with Gasteiger partial charge in [0.1, 0.15) is 5.82 Å². The number of hydrogen-bond acceptors (Lipinski definition) is 3. The first kappa shape index (κ1) is 14.1. The van der Waals surface area contributed by atoms with Gasteiger partial charge in [0.25, 0.3) is 0 Å². The van der Waals surface area contributed by atoms with E-state index in [1.54, 1.807) is 6.07 Å². The maximum Gasteiger partial charge on any atom is 0.317 e. The van der Waals surface area contributed by atoms with E-state index in [-0.39, 0.29) is 17.9 Å². The van der Waals surface area contributed by atoms with Crippen LogP contribution in [0, 0.1) is 5.82 Å². The van der Waals surface area contributed by atoms with Gasteiger partial charge in [0.05, 0.1) is 6.04 Å². The van der Waals surface area contributed by atoms with Crippen LogP contribution < -0.4 is 15.5 Å². The van der Waals surface area contributed by atoms with E-state index >= 15 is 0 Å². The first-order valence-electron chi connectivity index (χ1n) is 7.48. The van der Waals surface area contributed by atoms with Crippen LogP contribution in [0.3, 0.4) is 0 Å². The van der Waals surface area contributed by atoms with Crippen LogP contribution in [0.2, 0.25) is 0 Å². The quantitative estimate of drug-likeness (QED) is 0.875. The van der Waals surface area contributed by atoms with Crippen LogP contribution >= 0.6 is 0 Å². The predicted octanol–water partition coefficient (Wildman–Crippen LogP) is 1.15. The summed E-state index contributed by atoms with van der Waals surface area (Å²) in [5.74, 6) is -0.170. The van der Waals surface area contributed by atoms with Gasteiger partial charge in [-0.15, -0.1) is 0 Å². The molecule has 0 bridgehead atoms. The van der Waals surface area contributed by atoms with E-state index in [1.807, 2.05) is 17.9 Å². The van der Waals surface area contributed by atoms with E-state index in [9.17, 15) is 9.18 Å². The molecule has 1 aromatic rings. The zero-order chi connectivity index (χ0) is 14.8. The molecule has 2 amide bonds. The summed E-state index contributed by atoms with van der Waals surface area (Å²) in [5.41, 5.74) is 1.65. The van der Waals surface area contributed by atoms with Gasteiger partial charge in [-0.1, -0.05) is 13.0 Å². The molecule has 0 saturated carbocycles. The van der Waals surface area contributed by atoms with Gasteiger partial charge in [0.15, 0.2) is 0 Å². The summed E-state index contributed by atoms with van der Waals surface area (Å²) in [4.78, 5) is 15.7. The SMILES string of the molecule is CCNCc1c(F)cccc1N1CCN2C(=O)NCC2C1. The van der Waals surface area contributed by atoms with Crippen LogP contribution in [0.1, 0.15) is 12.5 Å². The second kappa shape index (κ2) is 5.89. The standard InChI is InChI=1S/C15H21FN4O/c1-2-17-9-12-13(16)4-3-5-14(12)19-6-7-20-11(10-19)8-18-15(20)21/h3-5,11,17H,2,6-10H2,1H3,(H,18,21). The molecule has 2 heterocycles. The first-order valence-corrected chi connectivity index (χ1v) is 7.48. The second-order valence-corrected chi connectivity index (χ2v) is 5.50. The van der Waals surface area contributed by atoms with Crippen molar-refractivity contribution in [3.8, 4) is 0 Å². The molecule has 2 N–H and O–H groups in total. The molecule has 0 aromatic heterocycles. The van der Waals surface area contributed by atoms with E-state index in [0.717, 1.165) is 25.3 Å². The first-order chi connectivity index (χ1) is 10.2. The molecule has 2 aliphatic heterocycles. The van der Waals surface area contributed by atoms with Crippen molar-refractivity contribution in [2.24, 2.45) is 0 Å². The number of piperazine rings is 1. The third-order valence-corrected chi connectivity index (χ3v) is 4.22. The Labute approximate surface area is 124 Å². The summed E-state index contributed by atoms with van der Waals surface area (Å²) in [5, 5.41) is 6.06. The van der Waals surface area contributed by atoms with Gasteiger partial charge in [-0.25, -0.2) is 9.18 Å². The summed E-state index contributed by atoms with van der Waals surface area (Å²) in [6.45, 7) is 6.20. The molecule has 0 aliphatic carbocycles. The highest BCUT2D eigenvalue weighted by molar-refractivity contribution is 5.77. The largest absolute Gasteiger partial charge is 0.367 e. The number of urea groups is 1. The molecule has 114 valence electrons. The van der Waals surface area contributed by atoms with Crippen molar-refractivity contribution < 1.29 is 9.18 Å². The predicted molar refractivity (Wildman–Crippen MR) is 79.9 cm³/mol. The Morgan fingerprint density at radius 1 is 1.43 bits per heavy atom. The zero-order valence-corrected chi connectivity index (χ0v) is 12.2. The van der Waals surface area contributed by atoms with E-state index in [2.05, 4.69) is 15.5 Å². The Hall–Kier alpha value is -1.82. The van der Waals surface area contributed by atoms with Gasteiger partial charge in [-0.05, 0) is 18.7 Å². The summed E-state index contributed by atoms with van der Waals surface area (Å²) in [7, 11) is 0. The van der Waals surface area contributed by atoms with E-state index in [0.29, 0.717) is 25.2 Å². The van der Waals surface area contributed by atoms with Crippen molar-refractivity contribution in [3.05, 3.63) is 29.6 Å². The lowest BCUT2D eigenvalue weighted by Crippen LogP contribution is -2.52. The van der Waals surface area contributed by atoms with Crippen LogP contribution in [-0.2, 0) is 6.54 Å². The third kappa shape index (κ3) is 2.68. The van der Waals surface area contributed by atoms with Gasteiger partial charge >= 0.3 is 6.03 Å². The maximum absolute atomic E-state index is 14.1. The number of nitrogens with one attached hydrogen (secondary N) is 2. The van der Waals surface area contributed by atoms with Crippen LogP contribution in [0.15, 0.2) is 18.2 Å². The van der Waals surface area contributed by atoms with E-state index in [4.69, 9.17) is 0 Å². The molecule has 2 fully saturated rings. The lowest BCUT2D eigenvalue weighted by Gasteiger charge is -2.38. The number of hydrogen-bond donors (Lipinski definition) is 2. The highest BCUT2D eigenvalue weighted by Crippen LogP contribution is 2.26. The summed E-state index contributed by atoms with van der Waals surface area (Å²) < 4.78 is 14.1. The Morgan fingerprint density at radius 2 is 2.29 bits per heavy atom. The lowest BCUT2D eigenvalue weighted by molar-refractivity contribution is 0.197. The third-order valence-electron chi connectivity index (χ3n) is 4.22. The van der Waals surface area contributed by atoms with Crippen LogP contribution in [0.25, 0.3) is 0 Å². The zero-order valence-electron chi connectivity index (χ0n) is 12.2. The number of nitrogens with zero attached hydrogens (tertiary/aromatic N) is 2. The number of amides is 2. The fourth-order valence-corrected chi connectivity index (χ4v) is 3.09. The molecule has 6 heteroatoms. The van der Waals surface area contributed by atoms with Crippen LogP contribution in [0.5, 0.6) is 0 Å². The number of benzene rings is 1. The molecule has 1 atom stereocenters. The maximum atomic E-state index is 14.1. The van der Waals surface area contributed by atoms with Crippen LogP contribution in [0.4, 0.5) is 14.9 Å². The molecular formula is C15H21FN4O. The normalized spacial score (nSPS) is 21.4. The highest BCUT2D eigenvalue weighted by atomic mass is 19.1. The molecular weight excluding hydrogens is 271 g/mol. The molecule has 0 spiro atoms. The molecule has 1 unspecified atom stereocenters. The van der Waals surface area contributed by atoms with Gasteiger partial charge < -0.3 is 20.4 Å². The Kier molecular flexibility index (Phi) is 3.96. The number of rotatable bonds is 4. The minimum absolute atomic E-state index is 0.0202. The van der Waals surface area contributed by atoms with Crippen molar-refractivity contribution in [1.82, 2.24) is 15.5 Å². The van der Waals surface area contributed by atoms with Gasteiger partial charge in [-0.3, -0.25) is 0 Å². The second-order valence-electron chi connectivity index (χ2n) is 5.50. The van der Waals surface area contributed by atoms with Gasteiger partial charge in [0, 0.05) is 44.0 Å². The molecule has 3 rings (SSSR count). The van der Waals surface area contributed by atoms with Crippen molar-refractivity contribution in [2.45, 2.75) is 19.5 Å². The monoisotopic (exact) mass is 292 g/mol. The van der Waals surface area contributed by atoms with E-state index < -0.39 is 0 Å². The van der Waals surface area contributed by atoms with Gasteiger partial charge in [-0.2, -0.15) is 0 Å². The minimum Gasteiger partial charge on any atom is -0.367 e. The Balaban J connectivity index is 1.81. The smallest absolute Gasteiger partial charge is 0.317 e. The molecule has 2 saturated heterocycles. The number of carbonyl (C=O) groups is 1. The molecule has 0 radical (unpaired) electrons. The van der Waals surface area contributed by atoms with Gasteiger partial charge in [0.2, 0.25) is 0 Å². The van der Waals surface area contributed by atoms with Crippen molar-refractivity contribution in [3.63, 3.8) is 0 Å². The average molecular weight is 292 g/mol. The topological polar surface area (TPSA) is 47.6 Å². The molecule has 2 aliphatic rings. The average Bonchev–Trinajstić information content (AvgIpc) is 2.87. The van der Waals surface area contributed by atoms with Crippen molar-refractivity contribution in [2.75, 3.05) is 37.6 Å². The fourth-order valence-electron chi connectivity index (χ4n) is 3.09. The number of anilines is 1. The van der Waals surface area contributed by atoms with Crippen molar-refractivity contribution in [1.29, 1.82) is 0 Å². The molecule has 1 aromatic carbocycles. The fraction of sp³-hybridized carbons (Fsp3) is 0.533. The van der Waals surface area contributed by atoms with E-state index in [1.165, 1.54) is 6.07 Å².